The Bertz CT molecular complexity index is 366. The number of aromatic hydroxyl groups is 1. The van der Waals surface area contributed by atoms with Crippen LogP contribution in [0.2, 0.25) is 0 Å². The molecule has 0 spiro atoms. The number of phenolic OH excluding ortho intramolecular Hbond substituents is 1. The smallest absolute Gasteiger partial charge is 0.124 e. The maximum absolute atomic E-state index is 10.3. The molecule has 18 heavy (non-hydrogen) atoms. The van der Waals surface area contributed by atoms with Gasteiger partial charge in [0.15, 0.2) is 0 Å². The molecule has 0 aliphatic heterocycles. The van der Waals surface area contributed by atoms with Crippen molar-refractivity contribution in [3.63, 3.8) is 0 Å². The summed E-state index contributed by atoms with van der Waals surface area (Å²) in [4.78, 5) is 4.16. The first-order valence-corrected chi connectivity index (χ1v) is 6.45. The lowest BCUT2D eigenvalue weighted by Crippen LogP contribution is -2.14. The number of phenols is 1. The molecule has 0 saturated carbocycles. The van der Waals surface area contributed by atoms with Crippen molar-refractivity contribution < 1.29 is 5.11 Å². The van der Waals surface area contributed by atoms with Crippen LogP contribution in [0.1, 0.15) is 36.5 Å². The van der Waals surface area contributed by atoms with E-state index in [4.69, 9.17) is 0 Å². The van der Waals surface area contributed by atoms with Gasteiger partial charge in [-0.1, -0.05) is 26.0 Å². The molecule has 3 heteroatoms. The van der Waals surface area contributed by atoms with Gasteiger partial charge in [-0.2, -0.15) is 0 Å². The molecule has 1 rings (SSSR count). The van der Waals surface area contributed by atoms with Gasteiger partial charge in [-0.05, 0) is 39.7 Å². The zero-order valence-electron chi connectivity index (χ0n) is 12.5. The predicted molar refractivity (Wildman–Crippen MR) is 77.0 cm³/mol. The third kappa shape index (κ3) is 4.00. The van der Waals surface area contributed by atoms with Crippen LogP contribution in [-0.2, 0) is 13.1 Å². The van der Waals surface area contributed by atoms with E-state index in [1.807, 2.05) is 28.2 Å². The summed E-state index contributed by atoms with van der Waals surface area (Å²) in [6, 6.07) is 4.25. The molecule has 0 aliphatic rings. The van der Waals surface area contributed by atoms with Crippen LogP contribution in [0.15, 0.2) is 12.1 Å². The number of hydrogen-bond donors (Lipinski definition) is 1. The Morgan fingerprint density at radius 1 is 0.944 bits per heavy atom. The van der Waals surface area contributed by atoms with Gasteiger partial charge in [0.05, 0.1) is 0 Å². The first-order valence-electron chi connectivity index (χ1n) is 6.45. The van der Waals surface area contributed by atoms with Crippen LogP contribution in [0.4, 0.5) is 0 Å². The van der Waals surface area contributed by atoms with E-state index in [2.05, 4.69) is 35.8 Å². The summed E-state index contributed by atoms with van der Waals surface area (Å²) in [5, 5.41) is 10.3. The quantitative estimate of drug-likeness (QED) is 0.870. The number of rotatable bonds is 5. The van der Waals surface area contributed by atoms with E-state index in [0.29, 0.717) is 11.7 Å². The summed E-state index contributed by atoms with van der Waals surface area (Å²) in [5.41, 5.74) is 3.33. The van der Waals surface area contributed by atoms with Crippen LogP contribution in [-0.4, -0.2) is 43.1 Å². The minimum atomic E-state index is 0.446. The Balaban J connectivity index is 3.19. The molecule has 0 bridgehead atoms. The zero-order valence-corrected chi connectivity index (χ0v) is 12.5. The molecule has 0 unspecified atom stereocenters. The van der Waals surface area contributed by atoms with Crippen LogP contribution in [0, 0.1) is 0 Å². The molecule has 0 amide bonds. The lowest BCUT2D eigenvalue weighted by molar-refractivity contribution is 0.368. The normalized spacial score (nSPS) is 11.8. The fourth-order valence-electron chi connectivity index (χ4n) is 2.04. The Hall–Kier alpha value is -1.06. The largest absolute Gasteiger partial charge is 0.507 e. The molecular formula is C15H26N2O. The van der Waals surface area contributed by atoms with Crippen molar-refractivity contribution in [1.82, 2.24) is 9.80 Å². The first kappa shape index (κ1) is 15.0. The summed E-state index contributed by atoms with van der Waals surface area (Å²) < 4.78 is 0. The highest BCUT2D eigenvalue weighted by Crippen LogP contribution is 2.29. The van der Waals surface area contributed by atoms with Gasteiger partial charge in [0.2, 0.25) is 0 Å². The van der Waals surface area contributed by atoms with E-state index in [-0.39, 0.29) is 0 Å². The molecule has 0 atom stereocenters. The number of nitrogens with zero attached hydrogens (tertiary/aromatic N) is 2. The monoisotopic (exact) mass is 250 g/mol. The predicted octanol–water partition coefficient (Wildman–Crippen LogP) is 2.64. The van der Waals surface area contributed by atoms with E-state index >= 15 is 0 Å². The second-order valence-electron chi connectivity index (χ2n) is 5.82. The maximum atomic E-state index is 10.3. The van der Waals surface area contributed by atoms with Crippen molar-refractivity contribution in [2.45, 2.75) is 32.9 Å². The van der Waals surface area contributed by atoms with Gasteiger partial charge >= 0.3 is 0 Å². The SMILES string of the molecule is CC(C)c1cc(CN(C)C)c(O)c(CN(C)C)c1. The molecule has 1 aromatic carbocycles. The van der Waals surface area contributed by atoms with Crippen LogP contribution in [0.25, 0.3) is 0 Å². The summed E-state index contributed by atoms with van der Waals surface area (Å²) in [6.07, 6.45) is 0. The van der Waals surface area contributed by atoms with Gasteiger partial charge in [0, 0.05) is 24.2 Å². The Kier molecular flexibility index (Phi) is 5.17. The third-order valence-corrected chi connectivity index (χ3v) is 2.93. The molecule has 0 aromatic heterocycles. The number of hydrogen-bond acceptors (Lipinski definition) is 3. The Morgan fingerprint density at radius 2 is 1.33 bits per heavy atom. The highest BCUT2D eigenvalue weighted by Gasteiger charge is 2.13. The fourth-order valence-corrected chi connectivity index (χ4v) is 2.04. The molecule has 1 aromatic rings. The van der Waals surface area contributed by atoms with E-state index in [9.17, 15) is 5.11 Å². The second-order valence-corrected chi connectivity index (χ2v) is 5.82. The van der Waals surface area contributed by atoms with E-state index < -0.39 is 0 Å². The van der Waals surface area contributed by atoms with Crippen LogP contribution < -0.4 is 0 Å². The van der Waals surface area contributed by atoms with E-state index in [0.717, 1.165) is 24.2 Å². The molecule has 0 aliphatic carbocycles. The van der Waals surface area contributed by atoms with Gasteiger partial charge in [-0.3, -0.25) is 0 Å². The van der Waals surface area contributed by atoms with E-state index in [1.165, 1.54) is 5.56 Å². The van der Waals surface area contributed by atoms with Gasteiger partial charge < -0.3 is 14.9 Å². The van der Waals surface area contributed by atoms with Gasteiger partial charge in [-0.25, -0.2) is 0 Å². The minimum absolute atomic E-state index is 0.446. The van der Waals surface area contributed by atoms with Crippen molar-refractivity contribution >= 4 is 0 Å². The molecule has 102 valence electrons. The van der Waals surface area contributed by atoms with Gasteiger partial charge in [0.25, 0.3) is 0 Å². The second kappa shape index (κ2) is 6.21. The van der Waals surface area contributed by atoms with Gasteiger partial charge in [0.1, 0.15) is 5.75 Å². The highest BCUT2D eigenvalue weighted by atomic mass is 16.3. The van der Waals surface area contributed by atoms with Crippen molar-refractivity contribution in [3.8, 4) is 5.75 Å². The topological polar surface area (TPSA) is 26.7 Å². The molecule has 0 heterocycles. The summed E-state index contributed by atoms with van der Waals surface area (Å²) in [7, 11) is 8.08. The molecule has 1 N–H and O–H groups in total. The highest BCUT2D eigenvalue weighted by molar-refractivity contribution is 5.44. The molecule has 0 saturated heterocycles. The van der Waals surface area contributed by atoms with Crippen LogP contribution >= 0.6 is 0 Å². The fraction of sp³-hybridized carbons (Fsp3) is 0.600. The summed E-state index contributed by atoms with van der Waals surface area (Å²) in [6.45, 7) is 5.91. The van der Waals surface area contributed by atoms with Gasteiger partial charge in [-0.15, -0.1) is 0 Å². The minimum Gasteiger partial charge on any atom is -0.507 e. The van der Waals surface area contributed by atoms with Crippen molar-refractivity contribution in [2.24, 2.45) is 0 Å². The summed E-state index contributed by atoms with van der Waals surface area (Å²) in [5.74, 6) is 0.925. The van der Waals surface area contributed by atoms with Crippen molar-refractivity contribution in [2.75, 3.05) is 28.2 Å². The molecule has 3 nitrogen and oxygen atoms in total. The molecule has 0 fully saturated rings. The standard InChI is InChI=1S/C15H26N2O/c1-11(2)12-7-13(9-16(3)4)15(18)14(8-12)10-17(5)6/h7-8,11,18H,9-10H2,1-6H3. The lowest BCUT2D eigenvalue weighted by Gasteiger charge is -2.19. The van der Waals surface area contributed by atoms with Crippen molar-refractivity contribution in [3.05, 3.63) is 28.8 Å². The lowest BCUT2D eigenvalue weighted by atomic mass is 9.96. The van der Waals surface area contributed by atoms with Crippen LogP contribution in [0.3, 0.4) is 0 Å². The zero-order chi connectivity index (χ0) is 13.9. The maximum Gasteiger partial charge on any atom is 0.124 e. The average Bonchev–Trinajstić information content (AvgIpc) is 2.22. The third-order valence-electron chi connectivity index (χ3n) is 2.93. The first-order chi connectivity index (χ1) is 8.31. The number of benzene rings is 1. The Morgan fingerprint density at radius 3 is 1.61 bits per heavy atom. The molecule has 0 radical (unpaired) electrons. The van der Waals surface area contributed by atoms with E-state index in [1.54, 1.807) is 0 Å². The van der Waals surface area contributed by atoms with Crippen LogP contribution in [0.5, 0.6) is 5.75 Å². The Labute approximate surface area is 111 Å². The van der Waals surface area contributed by atoms with Crippen molar-refractivity contribution in [1.29, 1.82) is 0 Å². The summed E-state index contributed by atoms with van der Waals surface area (Å²) >= 11 is 0. The average molecular weight is 250 g/mol. The molecular weight excluding hydrogens is 224 g/mol.